The van der Waals surface area contributed by atoms with Gasteiger partial charge in [-0.25, -0.2) is 4.68 Å². The molecule has 6 nitrogen and oxygen atoms in total. The molecule has 0 saturated carbocycles. The van der Waals surface area contributed by atoms with E-state index in [9.17, 15) is 4.79 Å². The van der Waals surface area contributed by atoms with Crippen LogP contribution in [0.3, 0.4) is 0 Å². The van der Waals surface area contributed by atoms with E-state index in [0.717, 1.165) is 14.7 Å². The fourth-order valence-corrected chi connectivity index (χ4v) is 2.42. The molecular weight excluding hydrogens is 395 g/mol. The van der Waals surface area contributed by atoms with Gasteiger partial charge in [-0.2, -0.15) is 10.1 Å². The molecule has 0 aliphatic heterocycles. The highest BCUT2D eigenvalue weighted by Gasteiger charge is 2.13. The first kappa shape index (κ1) is 15.2. The molecule has 0 fully saturated rings. The molecule has 0 unspecified atom stereocenters. The van der Waals surface area contributed by atoms with Crippen molar-refractivity contribution in [1.29, 1.82) is 0 Å². The lowest BCUT2D eigenvalue weighted by atomic mass is 10.2. The lowest BCUT2D eigenvalue weighted by Crippen LogP contribution is -2.23. The van der Waals surface area contributed by atoms with Crippen molar-refractivity contribution in [3.05, 3.63) is 61.2 Å². The lowest BCUT2D eigenvalue weighted by molar-refractivity contribution is 0.363. The van der Waals surface area contributed by atoms with Gasteiger partial charge in [0.05, 0.1) is 11.2 Å². The van der Waals surface area contributed by atoms with Gasteiger partial charge in [0.25, 0.3) is 5.56 Å². The highest BCUT2D eigenvalue weighted by molar-refractivity contribution is 9.10. The molecule has 0 aliphatic carbocycles. The first-order valence-electron chi connectivity index (χ1n) is 6.04. The zero-order valence-corrected chi connectivity index (χ0v) is 13.9. The average molecular weight is 402 g/mol. The third-order valence-corrected chi connectivity index (χ3v) is 4.02. The van der Waals surface area contributed by atoms with Crippen molar-refractivity contribution in [3.63, 3.8) is 0 Å². The third kappa shape index (κ3) is 3.06. The molecule has 0 radical (unpaired) electrons. The van der Waals surface area contributed by atoms with E-state index in [1.807, 2.05) is 24.3 Å². The van der Waals surface area contributed by atoms with E-state index < -0.39 is 5.56 Å². The van der Waals surface area contributed by atoms with E-state index in [1.165, 1.54) is 6.20 Å². The molecule has 0 atom stereocenters. The van der Waals surface area contributed by atoms with Crippen molar-refractivity contribution in [2.24, 2.45) is 0 Å². The Balaban J connectivity index is 1.89. The van der Waals surface area contributed by atoms with Crippen LogP contribution in [0, 0.1) is 0 Å². The number of hydrogen-bond acceptors (Lipinski definition) is 5. The SMILES string of the molecule is O=c1c(Cl)c(Cl)cnn1Cc1nc(-c2cccc(Br)c2)no1. The van der Waals surface area contributed by atoms with E-state index in [4.69, 9.17) is 27.7 Å². The van der Waals surface area contributed by atoms with E-state index >= 15 is 0 Å². The van der Waals surface area contributed by atoms with Gasteiger partial charge in [-0.3, -0.25) is 4.79 Å². The fraction of sp³-hybridized carbons (Fsp3) is 0.0769. The number of rotatable bonds is 3. The summed E-state index contributed by atoms with van der Waals surface area (Å²) in [6, 6.07) is 7.46. The van der Waals surface area contributed by atoms with Crippen LogP contribution in [0.15, 0.2) is 44.3 Å². The van der Waals surface area contributed by atoms with Crippen LogP contribution in [0.2, 0.25) is 10.0 Å². The number of halogens is 3. The van der Waals surface area contributed by atoms with Crippen molar-refractivity contribution in [2.75, 3.05) is 0 Å². The maximum atomic E-state index is 11.9. The van der Waals surface area contributed by atoms with Gasteiger partial charge < -0.3 is 4.52 Å². The molecule has 0 saturated heterocycles. The molecule has 2 aromatic heterocycles. The highest BCUT2D eigenvalue weighted by atomic mass is 79.9. The monoisotopic (exact) mass is 400 g/mol. The second-order valence-corrected chi connectivity index (χ2v) is 5.99. The van der Waals surface area contributed by atoms with Crippen molar-refractivity contribution < 1.29 is 4.52 Å². The Kier molecular flexibility index (Phi) is 4.28. The summed E-state index contributed by atoms with van der Waals surface area (Å²) in [5.74, 6) is 0.660. The van der Waals surface area contributed by atoms with Gasteiger partial charge in [0, 0.05) is 10.0 Å². The van der Waals surface area contributed by atoms with Crippen LogP contribution in [0.1, 0.15) is 5.89 Å². The quantitative estimate of drug-likeness (QED) is 0.672. The predicted molar refractivity (Wildman–Crippen MR) is 85.1 cm³/mol. The van der Waals surface area contributed by atoms with Crippen molar-refractivity contribution in [1.82, 2.24) is 19.9 Å². The molecule has 22 heavy (non-hydrogen) atoms. The number of aromatic nitrogens is 4. The van der Waals surface area contributed by atoms with E-state index in [0.29, 0.717) is 5.82 Å². The summed E-state index contributed by atoms with van der Waals surface area (Å²) in [7, 11) is 0. The van der Waals surface area contributed by atoms with Gasteiger partial charge in [0.1, 0.15) is 11.6 Å². The van der Waals surface area contributed by atoms with Gasteiger partial charge in [-0.1, -0.05) is 56.4 Å². The molecule has 0 N–H and O–H groups in total. The molecule has 0 amide bonds. The fourth-order valence-electron chi connectivity index (χ4n) is 1.75. The van der Waals surface area contributed by atoms with Crippen LogP contribution < -0.4 is 5.56 Å². The first-order valence-corrected chi connectivity index (χ1v) is 7.59. The zero-order chi connectivity index (χ0) is 15.7. The average Bonchev–Trinajstić information content (AvgIpc) is 2.97. The Morgan fingerprint density at radius 1 is 1.32 bits per heavy atom. The molecule has 9 heteroatoms. The third-order valence-electron chi connectivity index (χ3n) is 2.78. The van der Waals surface area contributed by atoms with Crippen LogP contribution in [0.25, 0.3) is 11.4 Å². The second kappa shape index (κ2) is 6.20. The zero-order valence-electron chi connectivity index (χ0n) is 10.8. The Morgan fingerprint density at radius 3 is 2.91 bits per heavy atom. The molecular formula is C13H7BrCl2N4O2. The van der Waals surface area contributed by atoms with E-state index in [-0.39, 0.29) is 22.5 Å². The molecule has 2 heterocycles. The van der Waals surface area contributed by atoms with Gasteiger partial charge >= 0.3 is 0 Å². The summed E-state index contributed by atoms with van der Waals surface area (Å²) < 4.78 is 7.14. The standard InChI is InChI=1S/C13H7BrCl2N4O2/c14-8-3-1-2-7(4-8)12-18-10(22-19-12)6-20-13(21)11(16)9(15)5-17-20/h1-5H,6H2. The molecule has 1 aromatic carbocycles. The van der Waals surface area contributed by atoms with Crippen LogP contribution in [0.4, 0.5) is 0 Å². The molecule has 112 valence electrons. The molecule has 3 aromatic rings. The molecule has 0 bridgehead atoms. The Bertz CT molecular complexity index is 894. The minimum Gasteiger partial charge on any atom is -0.337 e. The Hall–Kier alpha value is -1.70. The van der Waals surface area contributed by atoms with Gasteiger partial charge in [-0.05, 0) is 12.1 Å². The molecule has 3 rings (SSSR count). The maximum absolute atomic E-state index is 11.9. The van der Waals surface area contributed by atoms with Crippen LogP contribution in [0.5, 0.6) is 0 Å². The number of benzene rings is 1. The Labute approximate surface area is 142 Å². The second-order valence-electron chi connectivity index (χ2n) is 4.29. The largest absolute Gasteiger partial charge is 0.337 e. The van der Waals surface area contributed by atoms with Crippen LogP contribution in [-0.2, 0) is 6.54 Å². The molecule has 0 aliphatic rings. The van der Waals surface area contributed by atoms with Crippen LogP contribution in [-0.4, -0.2) is 19.9 Å². The van der Waals surface area contributed by atoms with Crippen molar-refractivity contribution in [2.45, 2.75) is 6.54 Å². The highest BCUT2D eigenvalue weighted by Crippen LogP contribution is 2.20. The first-order chi connectivity index (χ1) is 10.5. The summed E-state index contributed by atoms with van der Waals surface area (Å²) >= 11 is 14.9. The Morgan fingerprint density at radius 2 is 2.14 bits per heavy atom. The molecule has 0 spiro atoms. The van der Waals surface area contributed by atoms with Gasteiger partial charge in [0.2, 0.25) is 11.7 Å². The summed E-state index contributed by atoms with van der Waals surface area (Å²) in [4.78, 5) is 16.1. The van der Waals surface area contributed by atoms with E-state index in [1.54, 1.807) is 0 Å². The van der Waals surface area contributed by atoms with Gasteiger partial charge in [-0.15, -0.1) is 0 Å². The summed E-state index contributed by atoms with van der Waals surface area (Å²) in [5, 5.41) is 7.77. The smallest absolute Gasteiger partial charge is 0.287 e. The predicted octanol–water partition coefficient (Wildman–Crippen LogP) is 3.41. The van der Waals surface area contributed by atoms with Crippen molar-refractivity contribution >= 4 is 39.1 Å². The van der Waals surface area contributed by atoms with Crippen molar-refractivity contribution in [3.8, 4) is 11.4 Å². The van der Waals surface area contributed by atoms with E-state index in [2.05, 4.69) is 31.2 Å². The minimum absolute atomic E-state index is 0.0106. The number of nitrogens with zero attached hydrogens (tertiary/aromatic N) is 4. The normalized spacial score (nSPS) is 10.9. The van der Waals surface area contributed by atoms with Crippen LogP contribution >= 0.6 is 39.1 Å². The summed E-state index contributed by atoms with van der Waals surface area (Å²) in [5.41, 5.74) is 0.273. The maximum Gasteiger partial charge on any atom is 0.287 e. The number of hydrogen-bond donors (Lipinski definition) is 0. The summed E-state index contributed by atoms with van der Waals surface area (Å²) in [6.07, 6.45) is 1.29. The lowest BCUT2D eigenvalue weighted by Gasteiger charge is -2.01. The summed E-state index contributed by atoms with van der Waals surface area (Å²) in [6.45, 7) is 0.0106. The van der Waals surface area contributed by atoms with Gasteiger partial charge in [0.15, 0.2) is 0 Å². The topological polar surface area (TPSA) is 73.8 Å². The minimum atomic E-state index is -0.517.